The van der Waals surface area contributed by atoms with Gasteiger partial charge in [0.15, 0.2) is 0 Å². The average Bonchev–Trinajstić information content (AvgIpc) is 2.71. The van der Waals surface area contributed by atoms with Gasteiger partial charge in [0.1, 0.15) is 5.60 Å². The summed E-state index contributed by atoms with van der Waals surface area (Å²) in [5.74, 6) is 0. The first-order chi connectivity index (χ1) is 11.9. The van der Waals surface area contributed by atoms with Crippen LogP contribution in [0.4, 0.5) is 0 Å². The van der Waals surface area contributed by atoms with Crippen LogP contribution in [0.2, 0.25) is 0 Å². The Labute approximate surface area is 172 Å². The molecule has 3 aromatic heterocycles. The van der Waals surface area contributed by atoms with E-state index in [0.717, 1.165) is 22.3 Å². The van der Waals surface area contributed by atoms with Crippen molar-refractivity contribution < 1.29 is 24.8 Å². The third-order valence-corrected chi connectivity index (χ3v) is 5.03. The van der Waals surface area contributed by atoms with Crippen molar-refractivity contribution in [2.75, 3.05) is 0 Å². The van der Waals surface area contributed by atoms with Gasteiger partial charge in [-0.25, -0.2) is 4.98 Å². The molecule has 0 spiro atoms. The number of fused-ring (bicyclic) bond motifs is 5. The molecular weight excluding hydrogens is 518 g/mol. The second kappa shape index (κ2) is 5.94. The Hall–Kier alpha value is -1.62. The smallest absolute Gasteiger partial charge is 0.270 e. The van der Waals surface area contributed by atoms with Crippen LogP contribution < -0.4 is 5.56 Å². The molecule has 0 saturated heterocycles. The van der Waals surface area contributed by atoms with Gasteiger partial charge in [0.25, 0.3) is 5.56 Å². The first-order valence-electron chi connectivity index (χ1n) is 8.91. The quantitative estimate of drug-likeness (QED) is 0.320. The average molecular weight is 543 g/mol. The van der Waals surface area contributed by atoms with Crippen molar-refractivity contribution in [3.63, 3.8) is 0 Å². The van der Waals surface area contributed by atoms with Crippen LogP contribution in [-0.2, 0) is 41.5 Å². The molecule has 145 valence electrons. The summed E-state index contributed by atoms with van der Waals surface area (Å²) in [4.78, 5) is 22.0. The van der Waals surface area contributed by atoms with Gasteiger partial charge >= 0.3 is 0 Å². The van der Waals surface area contributed by atoms with E-state index >= 15 is 0 Å². The summed E-state index contributed by atoms with van der Waals surface area (Å²) in [5, 5.41) is 0.751. The fraction of sp³-hybridized carbons (Fsp3) is 0.476. The van der Waals surface area contributed by atoms with Crippen LogP contribution in [0.5, 0.6) is 0 Å². The van der Waals surface area contributed by atoms with Gasteiger partial charge in [-0.3, -0.25) is 4.79 Å². The number of hydrogen-bond acceptors (Lipinski definition) is 4. The molecular formula is C21H24IrN3O2-. The van der Waals surface area contributed by atoms with Crippen molar-refractivity contribution in [1.29, 1.82) is 0 Å². The van der Waals surface area contributed by atoms with E-state index in [4.69, 9.17) is 9.72 Å². The molecule has 6 heteroatoms. The second-order valence-corrected chi connectivity index (χ2v) is 9.07. The number of rotatable bonds is 0. The minimum atomic E-state index is -0.670. The SMILES string of the molecule is CC(C)(C)c1c[c-]c2c(ccn3c4c(c(=O)nc23)C(C)(C)OC4(C)C)n1.[Ir]. The van der Waals surface area contributed by atoms with Crippen molar-refractivity contribution >= 4 is 16.6 Å². The summed E-state index contributed by atoms with van der Waals surface area (Å²) >= 11 is 0. The molecule has 0 aliphatic carbocycles. The second-order valence-electron chi connectivity index (χ2n) is 9.07. The number of aromatic nitrogens is 3. The summed E-state index contributed by atoms with van der Waals surface area (Å²) in [6.45, 7) is 14.2. The molecule has 0 amide bonds. The van der Waals surface area contributed by atoms with Crippen molar-refractivity contribution in [2.24, 2.45) is 0 Å². The van der Waals surface area contributed by atoms with E-state index in [9.17, 15) is 4.79 Å². The topological polar surface area (TPSA) is 56.5 Å². The van der Waals surface area contributed by atoms with Crippen LogP contribution in [0, 0.1) is 6.07 Å². The first kappa shape index (κ1) is 20.1. The van der Waals surface area contributed by atoms with Crippen LogP contribution in [0.25, 0.3) is 16.6 Å². The summed E-state index contributed by atoms with van der Waals surface area (Å²) < 4.78 is 8.15. The Balaban J connectivity index is 0.00000210. The van der Waals surface area contributed by atoms with Gasteiger partial charge in [-0.05, 0) is 50.5 Å². The third kappa shape index (κ3) is 2.95. The molecule has 0 N–H and O–H groups in total. The molecule has 4 heterocycles. The van der Waals surface area contributed by atoms with E-state index in [1.54, 1.807) is 0 Å². The van der Waals surface area contributed by atoms with Gasteiger partial charge in [-0.2, -0.15) is 0 Å². The van der Waals surface area contributed by atoms with Crippen molar-refractivity contribution in [3.8, 4) is 0 Å². The molecule has 0 aromatic carbocycles. The minimum Gasteiger partial charge on any atom is -0.358 e. The molecule has 0 saturated carbocycles. The van der Waals surface area contributed by atoms with Crippen molar-refractivity contribution in [3.05, 3.63) is 51.7 Å². The number of ether oxygens (including phenoxy) is 1. The summed E-state index contributed by atoms with van der Waals surface area (Å²) in [5.41, 5.74) is 2.24. The van der Waals surface area contributed by atoms with Crippen LogP contribution in [0.3, 0.4) is 0 Å². The van der Waals surface area contributed by atoms with E-state index < -0.39 is 11.2 Å². The molecule has 0 fully saturated rings. The first-order valence-corrected chi connectivity index (χ1v) is 8.91. The van der Waals surface area contributed by atoms with Gasteiger partial charge in [0.2, 0.25) is 0 Å². The largest absolute Gasteiger partial charge is 0.358 e. The van der Waals surface area contributed by atoms with Crippen molar-refractivity contribution in [1.82, 2.24) is 14.4 Å². The zero-order chi connectivity index (χ0) is 19.1. The number of nitrogens with zero attached hydrogens (tertiary/aromatic N) is 3. The van der Waals surface area contributed by atoms with Gasteiger partial charge in [-0.15, -0.1) is 12.1 Å². The Morgan fingerprint density at radius 1 is 1.11 bits per heavy atom. The molecule has 0 atom stereocenters. The molecule has 1 aliphatic heterocycles. The van der Waals surface area contributed by atoms with E-state index in [2.05, 4.69) is 31.8 Å². The molecule has 0 unspecified atom stereocenters. The molecule has 0 bridgehead atoms. The molecule has 1 radical (unpaired) electrons. The zero-order valence-electron chi connectivity index (χ0n) is 16.7. The minimum absolute atomic E-state index is 0. The molecule has 4 rings (SSSR count). The van der Waals surface area contributed by atoms with E-state index in [-0.39, 0.29) is 31.1 Å². The van der Waals surface area contributed by atoms with Crippen LogP contribution in [0.1, 0.15) is 65.4 Å². The standard InChI is InChI=1S/C21H24N3O2.Ir/c1-19(2,3)14-9-8-12-13(22-14)10-11-24-16-15(18(25)23-17(12)24)20(4,5)26-21(16,6)7;/h9-11H,1-7H3;/q-1;. The maximum Gasteiger partial charge on any atom is 0.270 e. The fourth-order valence-electron chi connectivity index (χ4n) is 3.99. The van der Waals surface area contributed by atoms with Crippen LogP contribution >= 0.6 is 0 Å². The van der Waals surface area contributed by atoms with E-state index in [0.29, 0.717) is 11.2 Å². The van der Waals surface area contributed by atoms with Gasteiger partial charge in [-0.1, -0.05) is 32.2 Å². The Bertz CT molecular complexity index is 1120. The maximum absolute atomic E-state index is 12.9. The van der Waals surface area contributed by atoms with Gasteiger partial charge in [0.05, 0.1) is 22.5 Å². The fourth-order valence-corrected chi connectivity index (χ4v) is 3.99. The number of pyridine rings is 2. The normalized spacial score (nSPS) is 17.7. The summed E-state index contributed by atoms with van der Waals surface area (Å²) in [7, 11) is 0. The van der Waals surface area contributed by atoms with Gasteiger partial charge < -0.3 is 14.1 Å². The number of hydrogen-bond donors (Lipinski definition) is 0. The van der Waals surface area contributed by atoms with E-state index in [1.165, 1.54) is 0 Å². The Morgan fingerprint density at radius 2 is 1.78 bits per heavy atom. The van der Waals surface area contributed by atoms with Crippen LogP contribution in [-0.4, -0.2) is 14.4 Å². The Kier molecular flexibility index (Phi) is 4.42. The van der Waals surface area contributed by atoms with Crippen LogP contribution in [0.15, 0.2) is 23.1 Å². The van der Waals surface area contributed by atoms with E-state index in [1.807, 2.05) is 50.4 Å². The molecule has 5 nitrogen and oxygen atoms in total. The molecule has 3 aromatic rings. The third-order valence-electron chi connectivity index (χ3n) is 5.03. The molecule has 27 heavy (non-hydrogen) atoms. The summed E-state index contributed by atoms with van der Waals surface area (Å²) in [6, 6.07) is 7.17. The molecule has 1 aliphatic rings. The monoisotopic (exact) mass is 543 g/mol. The van der Waals surface area contributed by atoms with Crippen molar-refractivity contribution in [2.45, 2.75) is 65.1 Å². The Morgan fingerprint density at radius 3 is 2.41 bits per heavy atom. The predicted molar refractivity (Wildman–Crippen MR) is 101 cm³/mol. The van der Waals surface area contributed by atoms with Gasteiger partial charge in [0, 0.05) is 20.1 Å². The zero-order valence-corrected chi connectivity index (χ0v) is 19.1. The summed E-state index contributed by atoms with van der Waals surface area (Å²) in [6.07, 6.45) is 1.93. The predicted octanol–water partition coefficient (Wildman–Crippen LogP) is 3.84. The maximum atomic E-state index is 12.9.